The Labute approximate surface area is 110 Å². The quantitative estimate of drug-likeness (QED) is 0.909. The standard InChI is InChI=1S/C12H18BrNO3/c1-5-9(14)7-6-8(13)11(16-3)12(17-4)10(7)15-2/h6,9H,5,14H2,1-4H3. The molecule has 96 valence electrons. The van der Waals surface area contributed by atoms with Crippen molar-refractivity contribution < 1.29 is 14.2 Å². The summed E-state index contributed by atoms with van der Waals surface area (Å²) in [5.41, 5.74) is 6.96. The van der Waals surface area contributed by atoms with E-state index in [0.717, 1.165) is 16.5 Å². The molecule has 0 bridgehead atoms. The molecule has 0 aliphatic heterocycles. The van der Waals surface area contributed by atoms with Crippen LogP contribution in [-0.4, -0.2) is 21.3 Å². The van der Waals surface area contributed by atoms with E-state index >= 15 is 0 Å². The van der Waals surface area contributed by atoms with E-state index in [1.807, 2.05) is 13.0 Å². The van der Waals surface area contributed by atoms with Gasteiger partial charge in [0.1, 0.15) is 0 Å². The number of hydrogen-bond acceptors (Lipinski definition) is 4. The molecule has 17 heavy (non-hydrogen) atoms. The molecule has 0 fully saturated rings. The Balaban J connectivity index is 3.47. The average molecular weight is 304 g/mol. The lowest BCUT2D eigenvalue weighted by molar-refractivity contribution is 0.319. The monoisotopic (exact) mass is 303 g/mol. The molecule has 0 amide bonds. The van der Waals surface area contributed by atoms with Crippen LogP contribution in [0.15, 0.2) is 10.5 Å². The molecule has 0 radical (unpaired) electrons. The minimum atomic E-state index is -0.0962. The van der Waals surface area contributed by atoms with Crippen LogP contribution in [0, 0.1) is 0 Å². The maximum Gasteiger partial charge on any atom is 0.204 e. The zero-order valence-corrected chi connectivity index (χ0v) is 12.1. The minimum Gasteiger partial charge on any atom is -0.492 e. The zero-order valence-electron chi connectivity index (χ0n) is 10.5. The van der Waals surface area contributed by atoms with Crippen molar-refractivity contribution in [3.63, 3.8) is 0 Å². The van der Waals surface area contributed by atoms with Gasteiger partial charge in [0.25, 0.3) is 0 Å². The van der Waals surface area contributed by atoms with Crippen LogP contribution in [0.5, 0.6) is 17.2 Å². The van der Waals surface area contributed by atoms with Crippen LogP contribution < -0.4 is 19.9 Å². The molecule has 0 aromatic heterocycles. The third kappa shape index (κ3) is 2.66. The summed E-state index contributed by atoms with van der Waals surface area (Å²) < 4.78 is 16.8. The average Bonchev–Trinajstić information content (AvgIpc) is 2.36. The lowest BCUT2D eigenvalue weighted by Crippen LogP contribution is -2.11. The van der Waals surface area contributed by atoms with Gasteiger partial charge in [-0.05, 0) is 28.4 Å². The molecule has 0 saturated carbocycles. The summed E-state index contributed by atoms with van der Waals surface area (Å²) in [6.45, 7) is 2.02. The molecular weight excluding hydrogens is 286 g/mol. The molecule has 0 aliphatic rings. The van der Waals surface area contributed by atoms with E-state index in [2.05, 4.69) is 15.9 Å². The summed E-state index contributed by atoms with van der Waals surface area (Å²) in [6, 6.07) is 1.81. The van der Waals surface area contributed by atoms with E-state index < -0.39 is 0 Å². The number of nitrogens with two attached hydrogens (primary N) is 1. The van der Waals surface area contributed by atoms with Crippen LogP contribution in [0.1, 0.15) is 24.9 Å². The molecule has 1 aromatic rings. The number of halogens is 1. The van der Waals surface area contributed by atoms with E-state index in [0.29, 0.717) is 17.2 Å². The molecule has 1 unspecified atom stereocenters. The molecule has 0 saturated heterocycles. The van der Waals surface area contributed by atoms with Crippen LogP contribution in [-0.2, 0) is 0 Å². The van der Waals surface area contributed by atoms with Gasteiger partial charge in [-0.2, -0.15) is 0 Å². The maximum atomic E-state index is 6.06. The lowest BCUT2D eigenvalue weighted by Gasteiger charge is -2.20. The van der Waals surface area contributed by atoms with Gasteiger partial charge in [0.15, 0.2) is 11.5 Å². The molecule has 0 spiro atoms. The summed E-state index contributed by atoms with van der Waals surface area (Å²) in [7, 11) is 4.76. The Morgan fingerprint density at radius 3 is 2.06 bits per heavy atom. The van der Waals surface area contributed by atoms with Gasteiger partial charge in [0.05, 0.1) is 25.8 Å². The van der Waals surface area contributed by atoms with Crippen LogP contribution in [0.2, 0.25) is 0 Å². The summed E-state index contributed by atoms with van der Waals surface area (Å²) in [4.78, 5) is 0. The van der Waals surface area contributed by atoms with Gasteiger partial charge in [0, 0.05) is 11.6 Å². The van der Waals surface area contributed by atoms with Crippen molar-refractivity contribution in [1.82, 2.24) is 0 Å². The Morgan fingerprint density at radius 1 is 1.12 bits per heavy atom. The Bertz CT molecular complexity index is 396. The predicted molar refractivity (Wildman–Crippen MR) is 71.0 cm³/mol. The molecule has 1 rings (SSSR count). The van der Waals surface area contributed by atoms with Crippen molar-refractivity contribution >= 4 is 15.9 Å². The second-order valence-electron chi connectivity index (χ2n) is 3.56. The first kappa shape index (κ1) is 14.1. The predicted octanol–water partition coefficient (Wildman–Crippen LogP) is 2.88. The van der Waals surface area contributed by atoms with Gasteiger partial charge in [-0.1, -0.05) is 6.92 Å². The van der Waals surface area contributed by atoms with E-state index in [-0.39, 0.29) is 6.04 Å². The second-order valence-corrected chi connectivity index (χ2v) is 4.42. The first-order valence-corrected chi connectivity index (χ1v) is 6.13. The lowest BCUT2D eigenvalue weighted by atomic mass is 10.0. The fraction of sp³-hybridized carbons (Fsp3) is 0.500. The third-order valence-electron chi connectivity index (χ3n) is 2.63. The highest BCUT2D eigenvalue weighted by Gasteiger charge is 2.22. The number of rotatable bonds is 5. The van der Waals surface area contributed by atoms with Crippen LogP contribution in [0.25, 0.3) is 0 Å². The highest BCUT2D eigenvalue weighted by atomic mass is 79.9. The topological polar surface area (TPSA) is 53.7 Å². The fourth-order valence-electron chi connectivity index (χ4n) is 1.69. The molecule has 1 aromatic carbocycles. The normalized spacial score (nSPS) is 12.1. The van der Waals surface area contributed by atoms with Gasteiger partial charge < -0.3 is 19.9 Å². The number of methoxy groups -OCH3 is 3. The minimum absolute atomic E-state index is 0.0962. The number of ether oxygens (including phenoxy) is 3. The fourth-order valence-corrected chi connectivity index (χ4v) is 2.28. The maximum absolute atomic E-state index is 6.06. The van der Waals surface area contributed by atoms with E-state index in [1.54, 1.807) is 21.3 Å². The summed E-state index contributed by atoms with van der Waals surface area (Å²) in [5.74, 6) is 1.79. The molecule has 2 N–H and O–H groups in total. The summed E-state index contributed by atoms with van der Waals surface area (Å²) >= 11 is 3.44. The van der Waals surface area contributed by atoms with Crippen molar-refractivity contribution in [2.45, 2.75) is 19.4 Å². The first-order chi connectivity index (χ1) is 8.10. The highest BCUT2D eigenvalue weighted by Crippen LogP contribution is 2.46. The van der Waals surface area contributed by atoms with Crippen molar-refractivity contribution in [2.24, 2.45) is 5.73 Å². The first-order valence-electron chi connectivity index (χ1n) is 5.34. The van der Waals surface area contributed by atoms with Crippen molar-refractivity contribution in [1.29, 1.82) is 0 Å². The van der Waals surface area contributed by atoms with Crippen LogP contribution >= 0.6 is 15.9 Å². The van der Waals surface area contributed by atoms with Gasteiger partial charge in [-0.25, -0.2) is 0 Å². The molecule has 0 aliphatic carbocycles. The third-order valence-corrected chi connectivity index (χ3v) is 3.21. The van der Waals surface area contributed by atoms with Gasteiger partial charge in [0.2, 0.25) is 5.75 Å². The molecule has 4 nitrogen and oxygen atoms in total. The molecular formula is C12H18BrNO3. The van der Waals surface area contributed by atoms with Crippen molar-refractivity contribution in [3.8, 4) is 17.2 Å². The molecule has 0 heterocycles. The van der Waals surface area contributed by atoms with Gasteiger partial charge in [-0.15, -0.1) is 0 Å². The van der Waals surface area contributed by atoms with Crippen LogP contribution in [0.3, 0.4) is 0 Å². The SMILES string of the molecule is CCC(N)c1cc(Br)c(OC)c(OC)c1OC. The van der Waals surface area contributed by atoms with Crippen LogP contribution in [0.4, 0.5) is 0 Å². The van der Waals surface area contributed by atoms with E-state index in [9.17, 15) is 0 Å². The summed E-state index contributed by atoms with van der Waals surface area (Å²) in [6.07, 6.45) is 0.818. The second kappa shape index (κ2) is 6.12. The van der Waals surface area contributed by atoms with E-state index in [1.165, 1.54) is 0 Å². The van der Waals surface area contributed by atoms with Crippen molar-refractivity contribution in [3.05, 3.63) is 16.1 Å². The number of benzene rings is 1. The molecule has 1 atom stereocenters. The summed E-state index contributed by atoms with van der Waals surface area (Å²) in [5, 5.41) is 0. The Morgan fingerprint density at radius 2 is 1.65 bits per heavy atom. The Kier molecular flexibility index (Phi) is 5.08. The van der Waals surface area contributed by atoms with E-state index in [4.69, 9.17) is 19.9 Å². The zero-order chi connectivity index (χ0) is 13.0. The van der Waals surface area contributed by atoms with Gasteiger partial charge >= 0.3 is 0 Å². The Hall–Kier alpha value is -0.940. The van der Waals surface area contributed by atoms with Crippen molar-refractivity contribution in [2.75, 3.05) is 21.3 Å². The molecule has 5 heteroatoms. The number of hydrogen-bond donors (Lipinski definition) is 1. The van der Waals surface area contributed by atoms with Gasteiger partial charge in [-0.3, -0.25) is 0 Å². The highest BCUT2D eigenvalue weighted by molar-refractivity contribution is 9.10. The smallest absolute Gasteiger partial charge is 0.204 e. The largest absolute Gasteiger partial charge is 0.492 e.